The number of nitrogens with zero attached hydrogens (tertiary/aromatic N) is 1. The fourth-order valence-electron chi connectivity index (χ4n) is 1.68. The third-order valence-electron chi connectivity index (χ3n) is 2.76. The van der Waals surface area contributed by atoms with Crippen molar-refractivity contribution in [2.45, 2.75) is 12.8 Å². The molecule has 1 saturated carbocycles. The molecule has 0 radical (unpaired) electrons. The van der Waals surface area contributed by atoms with E-state index in [9.17, 15) is 4.79 Å². The molecule has 1 aliphatic carbocycles. The van der Waals surface area contributed by atoms with Crippen LogP contribution in [0.25, 0.3) is 10.4 Å². The molecular formula is C13H12N2OS. The fraction of sp³-hybridized carbons (Fsp3) is 0.231. The lowest BCUT2D eigenvalue weighted by Crippen LogP contribution is -2.13. The Bertz CT molecular complexity index is 532. The van der Waals surface area contributed by atoms with E-state index in [0.717, 1.165) is 24.1 Å². The van der Waals surface area contributed by atoms with Gasteiger partial charge in [-0.1, -0.05) is 6.07 Å². The van der Waals surface area contributed by atoms with Crippen LogP contribution >= 0.6 is 11.3 Å². The van der Waals surface area contributed by atoms with E-state index in [4.69, 9.17) is 0 Å². The van der Waals surface area contributed by atoms with Gasteiger partial charge in [-0.25, -0.2) is 0 Å². The first-order valence-corrected chi connectivity index (χ1v) is 6.51. The lowest BCUT2D eigenvalue weighted by Gasteiger charge is -2.05. The Morgan fingerprint density at radius 2 is 2.29 bits per heavy atom. The summed E-state index contributed by atoms with van der Waals surface area (Å²) >= 11 is 1.67. The van der Waals surface area contributed by atoms with Crippen molar-refractivity contribution in [3.8, 4) is 10.4 Å². The first-order chi connectivity index (χ1) is 8.33. The van der Waals surface area contributed by atoms with Gasteiger partial charge < -0.3 is 5.32 Å². The maximum atomic E-state index is 11.6. The van der Waals surface area contributed by atoms with Crippen molar-refractivity contribution in [3.05, 3.63) is 36.0 Å². The number of hydrogen-bond donors (Lipinski definition) is 1. The number of hydrogen-bond acceptors (Lipinski definition) is 3. The Morgan fingerprint density at radius 1 is 1.41 bits per heavy atom. The highest BCUT2D eigenvalue weighted by Crippen LogP contribution is 2.31. The lowest BCUT2D eigenvalue weighted by molar-refractivity contribution is -0.117. The summed E-state index contributed by atoms with van der Waals surface area (Å²) in [5, 5.41) is 4.94. The Morgan fingerprint density at radius 3 is 3.00 bits per heavy atom. The average Bonchev–Trinajstić information content (AvgIpc) is 3.05. The minimum atomic E-state index is 0.120. The standard InChI is InChI=1S/C13H12N2OS/c16-13(9-3-4-9)15-11-6-10(7-14-8-11)12-2-1-5-17-12/h1-2,5-9H,3-4H2,(H,15,16). The SMILES string of the molecule is O=C(Nc1cncc(-c2cccs2)c1)C1CC1. The van der Waals surface area contributed by atoms with E-state index in [1.807, 2.05) is 29.8 Å². The van der Waals surface area contributed by atoms with Gasteiger partial charge in [0.25, 0.3) is 0 Å². The third kappa shape index (κ3) is 2.36. The van der Waals surface area contributed by atoms with Gasteiger partial charge in [0, 0.05) is 22.6 Å². The van der Waals surface area contributed by atoms with E-state index in [2.05, 4.69) is 10.3 Å². The van der Waals surface area contributed by atoms with Gasteiger partial charge in [0.05, 0.1) is 11.9 Å². The van der Waals surface area contributed by atoms with Crippen molar-refractivity contribution in [2.75, 3.05) is 5.32 Å². The summed E-state index contributed by atoms with van der Waals surface area (Å²) in [6.07, 6.45) is 5.55. The van der Waals surface area contributed by atoms with E-state index in [1.165, 1.54) is 4.88 Å². The second kappa shape index (κ2) is 4.30. The molecule has 2 aromatic heterocycles. The molecule has 0 atom stereocenters. The van der Waals surface area contributed by atoms with Gasteiger partial charge in [-0.2, -0.15) is 0 Å². The molecule has 1 N–H and O–H groups in total. The molecule has 0 aromatic carbocycles. The fourth-order valence-corrected chi connectivity index (χ4v) is 2.38. The molecule has 4 heteroatoms. The summed E-state index contributed by atoms with van der Waals surface area (Å²) in [4.78, 5) is 17.0. The molecule has 17 heavy (non-hydrogen) atoms. The van der Waals surface area contributed by atoms with Gasteiger partial charge in [-0.15, -0.1) is 11.3 Å². The van der Waals surface area contributed by atoms with E-state index in [1.54, 1.807) is 17.5 Å². The molecular weight excluding hydrogens is 232 g/mol. The number of carbonyl (C=O) groups is 1. The Kier molecular flexibility index (Phi) is 2.65. The molecule has 1 fully saturated rings. The molecule has 0 unspecified atom stereocenters. The molecule has 0 saturated heterocycles. The minimum Gasteiger partial charge on any atom is -0.324 e. The zero-order valence-corrected chi connectivity index (χ0v) is 10.0. The van der Waals surface area contributed by atoms with Crippen molar-refractivity contribution >= 4 is 22.9 Å². The number of amides is 1. The zero-order valence-electron chi connectivity index (χ0n) is 9.22. The molecule has 2 aromatic rings. The zero-order chi connectivity index (χ0) is 11.7. The van der Waals surface area contributed by atoms with Gasteiger partial charge in [0.2, 0.25) is 5.91 Å². The lowest BCUT2D eigenvalue weighted by atomic mass is 10.2. The Balaban J connectivity index is 1.81. The van der Waals surface area contributed by atoms with Crippen LogP contribution in [0.2, 0.25) is 0 Å². The Hall–Kier alpha value is -1.68. The molecule has 2 heterocycles. The van der Waals surface area contributed by atoms with Gasteiger partial charge in [0.1, 0.15) is 0 Å². The van der Waals surface area contributed by atoms with E-state index in [-0.39, 0.29) is 11.8 Å². The van der Waals surface area contributed by atoms with Crippen molar-refractivity contribution in [3.63, 3.8) is 0 Å². The molecule has 3 rings (SSSR count). The second-order valence-electron chi connectivity index (χ2n) is 4.20. The maximum absolute atomic E-state index is 11.6. The highest BCUT2D eigenvalue weighted by Gasteiger charge is 2.29. The van der Waals surface area contributed by atoms with Crippen LogP contribution in [0.15, 0.2) is 36.0 Å². The number of rotatable bonds is 3. The van der Waals surface area contributed by atoms with Gasteiger partial charge >= 0.3 is 0 Å². The number of thiophene rings is 1. The monoisotopic (exact) mass is 244 g/mol. The first-order valence-electron chi connectivity index (χ1n) is 5.63. The molecule has 1 amide bonds. The van der Waals surface area contributed by atoms with E-state index >= 15 is 0 Å². The smallest absolute Gasteiger partial charge is 0.227 e. The number of carbonyl (C=O) groups excluding carboxylic acids is 1. The van der Waals surface area contributed by atoms with E-state index in [0.29, 0.717) is 0 Å². The molecule has 0 bridgehead atoms. The normalized spacial score (nSPS) is 14.6. The first kappa shape index (κ1) is 10.5. The highest BCUT2D eigenvalue weighted by molar-refractivity contribution is 7.13. The summed E-state index contributed by atoms with van der Waals surface area (Å²) in [6.45, 7) is 0. The second-order valence-corrected chi connectivity index (χ2v) is 5.15. The summed E-state index contributed by atoms with van der Waals surface area (Å²) in [5.74, 6) is 0.343. The average molecular weight is 244 g/mol. The molecule has 0 spiro atoms. The van der Waals surface area contributed by atoms with E-state index < -0.39 is 0 Å². The molecule has 86 valence electrons. The molecule has 1 aliphatic rings. The summed E-state index contributed by atoms with van der Waals surface area (Å²) in [5.41, 5.74) is 1.83. The van der Waals surface area contributed by atoms with Crippen LogP contribution in [-0.4, -0.2) is 10.9 Å². The topological polar surface area (TPSA) is 42.0 Å². The van der Waals surface area contributed by atoms with Crippen LogP contribution in [0, 0.1) is 5.92 Å². The third-order valence-corrected chi connectivity index (χ3v) is 3.68. The van der Waals surface area contributed by atoms with Crippen molar-refractivity contribution in [2.24, 2.45) is 5.92 Å². The van der Waals surface area contributed by atoms with Gasteiger partial charge in [-0.05, 0) is 30.4 Å². The summed E-state index contributed by atoms with van der Waals surface area (Å²) in [7, 11) is 0. The number of anilines is 1. The van der Waals surface area contributed by atoms with Crippen LogP contribution < -0.4 is 5.32 Å². The molecule has 3 nitrogen and oxygen atoms in total. The number of aromatic nitrogens is 1. The highest BCUT2D eigenvalue weighted by atomic mass is 32.1. The quantitative estimate of drug-likeness (QED) is 0.901. The number of pyridine rings is 1. The largest absolute Gasteiger partial charge is 0.324 e. The van der Waals surface area contributed by atoms with Gasteiger partial charge in [-0.3, -0.25) is 9.78 Å². The Labute approximate surface area is 104 Å². The van der Waals surface area contributed by atoms with Crippen molar-refractivity contribution < 1.29 is 4.79 Å². The maximum Gasteiger partial charge on any atom is 0.227 e. The minimum absolute atomic E-state index is 0.120. The predicted octanol–water partition coefficient (Wildman–Crippen LogP) is 3.16. The summed E-state index contributed by atoms with van der Waals surface area (Å²) < 4.78 is 0. The van der Waals surface area contributed by atoms with Crippen LogP contribution in [-0.2, 0) is 4.79 Å². The van der Waals surface area contributed by atoms with Crippen LogP contribution in [0.3, 0.4) is 0 Å². The van der Waals surface area contributed by atoms with Gasteiger partial charge in [0.15, 0.2) is 0 Å². The van der Waals surface area contributed by atoms with Crippen LogP contribution in [0.5, 0.6) is 0 Å². The van der Waals surface area contributed by atoms with Crippen LogP contribution in [0.1, 0.15) is 12.8 Å². The molecule has 0 aliphatic heterocycles. The van der Waals surface area contributed by atoms with Crippen molar-refractivity contribution in [1.29, 1.82) is 0 Å². The predicted molar refractivity (Wildman–Crippen MR) is 68.9 cm³/mol. The van der Waals surface area contributed by atoms with Crippen molar-refractivity contribution in [1.82, 2.24) is 4.98 Å². The number of nitrogens with one attached hydrogen (secondary N) is 1. The van der Waals surface area contributed by atoms with Crippen LogP contribution in [0.4, 0.5) is 5.69 Å². The summed E-state index contributed by atoms with van der Waals surface area (Å²) in [6, 6.07) is 6.03.